The fraction of sp³-hybridized carbons (Fsp3) is 1.00. The van der Waals surface area contributed by atoms with Crippen molar-refractivity contribution in [3.05, 3.63) is 0 Å². The molecular formula is C10H23NO. The molecule has 0 saturated carbocycles. The van der Waals surface area contributed by atoms with Crippen LogP contribution in [-0.4, -0.2) is 18.8 Å². The van der Waals surface area contributed by atoms with Crippen LogP contribution < -0.4 is 5.73 Å². The first-order valence-corrected chi connectivity index (χ1v) is 4.79. The Labute approximate surface area is 76.5 Å². The van der Waals surface area contributed by atoms with Gasteiger partial charge in [0, 0.05) is 6.54 Å². The number of ether oxygens (including phenoxy) is 1. The highest BCUT2D eigenvalue weighted by Gasteiger charge is 2.27. The van der Waals surface area contributed by atoms with Gasteiger partial charge in [0.1, 0.15) is 0 Å². The van der Waals surface area contributed by atoms with Gasteiger partial charge in [-0.3, -0.25) is 0 Å². The van der Waals surface area contributed by atoms with Crippen molar-refractivity contribution in [1.82, 2.24) is 0 Å². The van der Waals surface area contributed by atoms with E-state index in [1.807, 2.05) is 0 Å². The Bertz CT molecular complexity index is 121. The average molecular weight is 173 g/mol. The van der Waals surface area contributed by atoms with E-state index in [2.05, 4.69) is 34.6 Å². The van der Waals surface area contributed by atoms with Crippen LogP contribution in [0.15, 0.2) is 0 Å². The molecule has 0 rings (SSSR count). The Kier molecular flexibility index (Phi) is 4.80. The summed E-state index contributed by atoms with van der Waals surface area (Å²) in [4.78, 5) is 0. The minimum Gasteiger partial charge on any atom is -0.374 e. The van der Waals surface area contributed by atoms with Gasteiger partial charge < -0.3 is 10.5 Å². The summed E-state index contributed by atoms with van der Waals surface area (Å²) in [5, 5.41) is 0. The number of hydrogen-bond acceptors (Lipinski definition) is 2. The van der Waals surface area contributed by atoms with Crippen LogP contribution in [-0.2, 0) is 4.74 Å². The molecule has 2 heteroatoms. The molecule has 0 aliphatic carbocycles. The van der Waals surface area contributed by atoms with Gasteiger partial charge in [0.25, 0.3) is 0 Å². The van der Waals surface area contributed by atoms with E-state index in [0.717, 1.165) is 6.42 Å². The number of hydrogen-bond donors (Lipinski definition) is 1. The predicted molar refractivity (Wildman–Crippen MR) is 53.1 cm³/mol. The SMILES string of the molecule is CCC(C)(C)C(CN)OC(C)C. The first kappa shape index (κ1) is 11.9. The van der Waals surface area contributed by atoms with E-state index in [1.165, 1.54) is 0 Å². The van der Waals surface area contributed by atoms with Gasteiger partial charge in [-0.2, -0.15) is 0 Å². The maximum atomic E-state index is 5.73. The minimum atomic E-state index is 0.183. The third kappa shape index (κ3) is 3.55. The zero-order valence-electron chi connectivity index (χ0n) is 9.05. The third-order valence-corrected chi connectivity index (χ3v) is 2.43. The van der Waals surface area contributed by atoms with Crippen LogP contribution in [0.5, 0.6) is 0 Å². The molecule has 0 spiro atoms. The van der Waals surface area contributed by atoms with Crippen LogP contribution in [0.25, 0.3) is 0 Å². The lowest BCUT2D eigenvalue weighted by atomic mass is 9.83. The van der Waals surface area contributed by atoms with E-state index in [9.17, 15) is 0 Å². The molecule has 0 aliphatic rings. The molecule has 12 heavy (non-hydrogen) atoms. The first-order chi connectivity index (χ1) is 5.44. The van der Waals surface area contributed by atoms with Crippen LogP contribution in [0, 0.1) is 5.41 Å². The van der Waals surface area contributed by atoms with E-state index in [0.29, 0.717) is 6.54 Å². The molecule has 0 bridgehead atoms. The molecular weight excluding hydrogens is 150 g/mol. The number of rotatable bonds is 5. The highest BCUT2D eigenvalue weighted by atomic mass is 16.5. The van der Waals surface area contributed by atoms with Crippen molar-refractivity contribution in [2.45, 2.75) is 53.2 Å². The van der Waals surface area contributed by atoms with Gasteiger partial charge in [0.2, 0.25) is 0 Å². The van der Waals surface area contributed by atoms with Crippen LogP contribution in [0.4, 0.5) is 0 Å². The second kappa shape index (κ2) is 4.83. The van der Waals surface area contributed by atoms with E-state index in [1.54, 1.807) is 0 Å². The second-order valence-corrected chi connectivity index (χ2v) is 4.25. The maximum absolute atomic E-state index is 5.73. The zero-order chi connectivity index (χ0) is 9.78. The lowest BCUT2D eigenvalue weighted by Crippen LogP contribution is -2.39. The Morgan fingerprint density at radius 3 is 2.08 bits per heavy atom. The monoisotopic (exact) mass is 173 g/mol. The van der Waals surface area contributed by atoms with Gasteiger partial charge in [-0.1, -0.05) is 20.8 Å². The summed E-state index contributed by atoms with van der Waals surface area (Å²) in [5.74, 6) is 0. The summed E-state index contributed by atoms with van der Waals surface area (Å²) in [5.41, 5.74) is 5.85. The summed E-state index contributed by atoms with van der Waals surface area (Å²) in [6, 6.07) is 0. The molecule has 0 aromatic carbocycles. The van der Waals surface area contributed by atoms with Crippen molar-refractivity contribution in [2.24, 2.45) is 11.1 Å². The smallest absolute Gasteiger partial charge is 0.0751 e. The van der Waals surface area contributed by atoms with E-state index >= 15 is 0 Å². The summed E-state index contributed by atoms with van der Waals surface area (Å²) >= 11 is 0. The van der Waals surface area contributed by atoms with Gasteiger partial charge in [-0.15, -0.1) is 0 Å². The molecule has 0 fully saturated rings. The molecule has 74 valence electrons. The van der Waals surface area contributed by atoms with Crippen molar-refractivity contribution < 1.29 is 4.74 Å². The first-order valence-electron chi connectivity index (χ1n) is 4.79. The molecule has 0 saturated heterocycles. The lowest BCUT2D eigenvalue weighted by Gasteiger charge is -2.33. The maximum Gasteiger partial charge on any atom is 0.0751 e. The quantitative estimate of drug-likeness (QED) is 0.691. The predicted octanol–water partition coefficient (Wildman–Crippen LogP) is 2.17. The van der Waals surface area contributed by atoms with Crippen molar-refractivity contribution in [1.29, 1.82) is 0 Å². The van der Waals surface area contributed by atoms with Gasteiger partial charge in [-0.05, 0) is 25.7 Å². The average Bonchev–Trinajstić information content (AvgIpc) is 1.99. The summed E-state index contributed by atoms with van der Waals surface area (Å²) in [7, 11) is 0. The van der Waals surface area contributed by atoms with Crippen LogP contribution in [0.1, 0.15) is 41.0 Å². The normalized spacial score (nSPS) is 15.2. The molecule has 1 atom stereocenters. The summed E-state index contributed by atoms with van der Waals surface area (Å²) < 4.78 is 5.73. The standard InChI is InChI=1S/C10H23NO/c1-6-10(4,5)9(7-11)12-8(2)3/h8-9H,6-7,11H2,1-5H3. The topological polar surface area (TPSA) is 35.2 Å². The van der Waals surface area contributed by atoms with E-state index in [-0.39, 0.29) is 17.6 Å². The van der Waals surface area contributed by atoms with Crippen LogP contribution >= 0.6 is 0 Å². The Morgan fingerprint density at radius 2 is 1.83 bits per heavy atom. The molecule has 0 heterocycles. The molecule has 0 aromatic rings. The van der Waals surface area contributed by atoms with Crippen molar-refractivity contribution in [3.8, 4) is 0 Å². The fourth-order valence-corrected chi connectivity index (χ4v) is 1.11. The van der Waals surface area contributed by atoms with Gasteiger partial charge in [-0.25, -0.2) is 0 Å². The van der Waals surface area contributed by atoms with Gasteiger partial charge in [0.15, 0.2) is 0 Å². The molecule has 0 radical (unpaired) electrons. The molecule has 0 aromatic heterocycles. The molecule has 0 aliphatic heterocycles. The molecule has 2 N–H and O–H groups in total. The largest absolute Gasteiger partial charge is 0.374 e. The second-order valence-electron chi connectivity index (χ2n) is 4.25. The third-order valence-electron chi connectivity index (χ3n) is 2.43. The van der Waals surface area contributed by atoms with E-state index < -0.39 is 0 Å². The highest BCUT2D eigenvalue weighted by Crippen LogP contribution is 2.27. The minimum absolute atomic E-state index is 0.183. The molecule has 2 nitrogen and oxygen atoms in total. The summed E-state index contributed by atoms with van der Waals surface area (Å²) in [6.45, 7) is 11.3. The Hall–Kier alpha value is -0.0800. The summed E-state index contributed by atoms with van der Waals surface area (Å²) in [6.07, 6.45) is 1.55. The highest BCUT2D eigenvalue weighted by molar-refractivity contribution is 4.78. The molecule has 1 unspecified atom stereocenters. The Balaban J connectivity index is 4.13. The van der Waals surface area contributed by atoms with Crippen molar-refractivity contribution in [2.75, 3.05) is 6.54 Å². The van der Waals surface area contributed by atoms with Crippen LogP contribution in [0.3, 0.4) is 0 Å². The Morgan fingerprint density at radius 1 is 1.33 bits per heavy atom. The fourth-order valence-electron chi connectivity index (χ4n) is 1.11. The van der Waals surface area contributed by atoms with E-state index in [4.69, 9.17) is 10.5 Å². The zero-order valence-corrected chi connectivity index (χ0v) is 9.05. The van der Waals surface area contributed by atoms with Crippen molar-refractivity contribution >= 4 is 0 Å². The van der Waals surface area contributed by atoms with Gasteiger partial charge in [0.05, 0.1) is 12.2 Å². The van der Waals surface area contributed by atoms with Crippen LogP contribution in [0.2, 0.25) is 0 Å². The van der Waals surface area contributed by atoms with Crippen molar-refractivity contribution in [3.63, 3.8) is 0 Å². The van der Waals surface area contributed by atoms with Gasteiger partial charge >= 0.3 is 0 Å². The number of nitrogens with two attached hydrogens (primary N) is 1. The molecule has 0 amide bonds. The lowest BCUT2D eigenvalue weighted by molar-refractivity contribution is -0.0536.